The smallest absolute Gasteiger partial charge is 0.381 e. The highest BCUT2D eigenvalue weighted by Crippen LogP contribution is 1.88. The van der Waals surface area contributed by atoms with Crippen LogP contribution in [0.1, 0.15) is 19.8 Å². The largest absolute Gasteiger partial charge is 0.472 e. The number of hydrogen-bond acceptors (Lipinski definition) is 2. The molecule has 1 radical (unpaired) electrons. The number of carboxylic acid groups (broad SMARTS) is 1. The lowest BCUT2D eigenvalue weighted by Crippen LogP contribution is -1.91. The molecule has 0 aromatic rings. The van der Waals surface area contributed by atoms with E-state index in [0.717, 1.165) is 6.42 Å². The van der Waals surface area contributed by atoms with Crippen LogP contribution >= 0.6 is 0 Å². The van der Waals surface area contributed by atoms with Gasteiger partial charge >= 0.3 is 5.97 Å². The van der Waals surface area contributed by atoms with Crippen LogP contribution in [0.15, 0.2) is 0 Å². The summed E-state index contributed by atoms with van der Waals surface area (Å²) in [6, 6.07) is 0. The molecule has 0 aromatic carbocycles. The van der Waals surface area contributed by atoms with Gasteiger partial charge in [-0.15, -0.1) is 0 Å². The van der Waals surface area contributed by atoms with Gasteiger partial charge in [0.25, 0.3) is 0 Å². The van der Waals surface area contributed by atoms with E-state index in [1.54, 1.807) is 6.61 Å². The normalized spacial score (nSPS) is 8.45. The maximum atomic E-state index is 9.87. The lowest BCUT2D eigenvalue weighted by atomic mass is 10.4. The van der Waals surface area contributed by atoms with Gasteiger partial charge in [-0.25, -0.2) is 4.79 Å². The Morgan fingerprint density at radius 3 is 3.00 bits per heavy atom. The van der Waals surface area contributed by atoms with E-state index in [1.165, 1.54) is 0 Å². The molecule has 0 aromatic heterocycles. The maximum Gasteiger partial charge on any atom is 0.381 e. The van der Waals surface area contributed by atoms with E-state index in [1.807, 2.05) is 12.8 Å². The first kappa shape index (κ1) is 9.99. The fraction of sp³-hybridized carbons (Fsp3) is 0.500. The third-order valence-corrected chi connectivity index (χ3v) is 0.825. The van der Waals surface area contributed by atoms with Crippen LogP contribution in [0.5, 0.6) is 0 Å². The Bertz CT molecular complexity index is 164. The SMILES string of the molecule is CC[CH]OCCC#CC(=O)O. The quantitative estimate of drug-likeness (QED) is 0.487. The summed E-state index contributed by atoms with van der Waals surface area (Å²) in [5.74, 6) is 3.35. The molecule has 0 spiro atoms. The molecule has 0 amide bonds. The molecule has 0 fully saturated rings. The number of aliphatic carboxylic acids is 1. The Kier molecular flexibility index (Phi) is 6.45. The third-order valence-electron chi connectivity index (χ3n) is 0.825. The van der Waals surface area contributed by atoms with Crippen molar-refractivity contribution in [1.29, 1.82) is 0 Å². The highest BCUT2D eigenvalue weighted by atomic mass is 16.5. The first-order chi connectivity index (χ1) is 5.27. The van der Waals surface area contributed by atoms with Crippen molar-refractivity contribution in [2.24, 2.45) is 0 Å². The standard InChI is InChI=1S/C8H11O3/c1-2-6-11-7-4-3-5-8(9)10/h6H,2,4,7H2,1H3,(H,9,10). The summed E-state index contributed by atoms with van der Waals surface area (Å²) in [5.41, 5.74) is 0. The van der Waals surface area contributed by atoms with Gasteiger partial charge in [-0.3, -0.25) is 0 Å². The van der Waals surface area contributed by atoms with E-state index < -0.39 is 5.97 Å². The van der Waals surface area contributed by atoms with Gasteiger partial charge in [0, 0.05) is 12.3 Å². The first-order valence-corrected chi connectivity index (χ1v) is 3.42. The highest BCUT2D eigenvalue weighted by Gasteiger charge is 1.84. The number of hydrogen-bond donors (Lipinski definition) is 1. The van der Waals surface area contributed by atoms with E-state index in [-0.39, 0.29) is 0 Å². The topological polar surface area (TPSA) is 46.5 Å². The molecule has 11 heavy (non-hydrogen) atoms. The second kappa shape index (κ2) is 7.10. The summed E-state index contributed by atoms with van der Waals surface area (Å²) in [5, 5.41) is 8.09. The molecule has 0 saturated carbocycles. The minimum atomic E-state index is -1.09. The summed E-state index contributed by atoms with van der Waals surface area (Å²) in [7, 11) is 0. The molecule has 61 valence electrons. The number of carboxylic acids is 1. The Morgan fingerprint density at radius 1 is 1.73 bits per heavy atom. The molecule has 0 aliphatic heterocycles. The lowest BCUT2D eigenvalue weighted by Gasteiger charge is -1.94. The molecule has 0 aliphatic carbocycles. The maximum absolute atomic E-state index is 9.87. The second-order valence-electron chi connectivity index (χ2n) is 1.80. The zero-order valence-electron chi connectivity index (χ0n) is 6.46. The minimum absolute atomic E-state index is 0.461. The Balaban J connectivity index is 3.15. The molecule has 1 N–H and O–H groups in total. The molecule has 0 saturated heterocycles. The number of ether oxygens (including phenoxy) is 1. The molecule has 3 heteroatoms. The highest BCUT2D eigenvalue weighted by molar-refractivity contribution is 5.86. The van der Waals surface area contributed by atoms with E-state index in [0.29, 0.717) is 13.0 Å². The summed E-state index contributed by atoms with van der Waals surface area (Å²) in [4.78, 5) is 9.87. The summed E-state index contributed by atoms with van der Waals surface area (Å²) in [6.45, 7) is 4.10. The predicted molar refractivity (Wildman–Crippen MR) is 40.6 cm³/mol. The van der Waals surface area contributed by atoms with Crippen molar-refractivity contribution in [2.45, 2.75) is 19.8 Å². The zero-order valence-corrected chi connectivity index (χ0v) is 6.46. The van der Waals surface area contributed by atoms with Gasteiger partial charge in [-0.1, -0.05) is 12.8 Å². The fourth-order valence-corrected chi connectivity index (χ4v) is 0.449. The van der Waals surface area contributed by atoms with E-state index in [9.17, 15) is 4.79 Å². The molecular weight excluding hydrogens is 144 g/mol. The first-order valence-electron chi connectivity index (χ1n) is 3.42. The zero-order chi connectivity index (χ0) is 8.53. The molecule has 0 heterocycles. The minimum Gasteiger partial charge on any atom is -0.472 e. The molecule has 0 bridgehead atoms. The van der Waals surface area contributed by atoms with Gasteiger partial charge in [0.2, 0.25) is 0 Å². The van der Waals surface area contributed by atoms with Crippen LogP contribution in [-0.4, -0.2) is 17.7 Å². The Hall–Kier alpha value is -1.01. The van der Waals surface area contributed by atoms with Crippen LogP contribution in [-0.2, 0) is 9.53 Å². The van der Waals surface area contributed by atoms with Gasteiger partial charge in [-0.2, -0.15) is 0 Å². The van der Waals surface area contributed by atoms with Crippen molar-refractivity contribution in [3.63, 3.8) is 0 Å². The molecule has 3 nitrogen and oxygen atoms in total. The molecule has 0 atom stereocenters. The molecule has 0 rings (SSSR count). The second-order valence-corrected chi connectivity index (χ2v) is 1.80. The van der Waals surface area contributed by atoms with Crippen LogP contribution in [0.2, 0.25) is 0 Å². The summed E-state index contributed by atoms with van der Waals surface area (Å²) < 4.78 is 4.94. The van der Waals surface area contributed by atoms with Gasteiger partial charge in [0.1, 0.15) is 0 Å². The van der Waals surface area contributed by atoms with Crippen molar-refractivity contribution in [1.82, 2.24) is 0 Å². The molecule has 0 unspecified atom stereocenters. The average molecular weight is 155 g/mol. The van der Waals surface area contributed by atoms with Gasteiger partial charge in [-0.05, 0) is 6.42 Å². The van der Waals surface area contributed by atoms with Crippen molar-refractivity contribution in [3.8, 4) is 11.8 Å². The van der Waals surface area contributed by atoms with Crippen molar-refractivity contribution < 1.29 is 14.6 Å². The summed E-state index contributed by atoms with van der Waals surface area (Å²) >= 11 is 0. The van der Waals surface area contributed by atoms with Crippen LogP contribution in [0.25, 0.3) is 0 Å². The van der Waals surface area contributed by atoms with Gasteiger partial charge in [0.15, 0.2) is 0 Å². The average Bonchev–Trinajstić information content (AvgIpc) is 1.96. The Morgan fingerprint density at radius 2 is 2.45 bits per heavy atom. The number of carbonyl (C=O) groups is 1. The monoisotopic (exact) mass is 155 g/mol. The van der Waals surface area contributed by atoms with Crippen molar-refractivity contribution in [2.75, 3.05) is 6.61 Å². The van der Waals surface area contributed by atoms with E-state index in [4.69, 9.17) is 9.84 Å². The van der Waals surface area contributed by atoms with Crippen LogP contribution in [0, 0.1) is 18.4 Å². The molecular formula is C8H11O3. The van der Waals surface area contributed by atoms with Gasteiger partial charge in [0.05, 0.1) is 13.2 Å². The summed E-state index contributed by atoms with van der Waals surface area (Å²) in [6.07, 6.45) is 1.31. The van der Waals surface area contributed by atoms with Gasteiger partial charge < -0.3 is 9.84 Å². The van der Waals surface area contributed by atoms with E-state index in [2.05, 4.69) is 5.92 Å². The predicted octanol–water partition coefficient (Wildman–Crippen LogP) is 1.05. The third kappa shape index (κ3) is 8.99. The van der Waals surface area contributed by atoms with Crippen molar-refractivity contribution in [3.05, 3.63) is 6.61 Å². The lowest BCUT2D eigenvalue weighted by molar-refractivity contribution is -0.130. The van der Waals surface area contributed by atoms with Crippen LogP contribution in [0.3, 0.4) is 0 Å². The van der Waals surface area contributed by atoms with Crippen LogP contribution in [0.4, 0.5) is 0 Å². The van der Waals surface area contributed by atoms with Crippen molar-refractivity contribution >= 4 is 5.97 Å². The molecule has 0 aliphatic rings. The number of rotatable bonds is 4. The van der Waals surface area contributed by atoms with Crippen LogP contribution < -0.4 is 0 Å². The van der Waals surface area contributed by atoms with E-state index >= 15 is 0 Å². The fourth-order valence-electron chi connectivity index (χ4n) is 0.449. The Labute approximate surface area is 66.4 Å².